The standard InChI is InChI=1S/C9H11Cl8N3/c1-2-3-4-20-6(7(10,11)12)19(5-18-20)9(16,17)8(13,14)15/h5-6H,2-4H2,1H3. The number of unbranched alkanes of at least 4 members (excludes halogenated alkanes) is 1. The SMILES string of the molecule is CCCCN1N=CN(C(Cl)(Cl)C(Cl)(Cl)Cl)C1C(Cl)(Cl)Cl. The fraction of sp³-hybridized carbons (Fsp3) is 0.889. The van der Waals surface area contributed by atoms with Gasteiger partial charge < -0.3 is 0 Å². The Kier molecular flexibility index (Phi) is 6.88. The van der Waals surface area contributed by atoms with E-state index in [2.05, 4.69) is 5.10 Å². The van der Waals surface area contributed by atoms with Gasteiger partial charge in [0.1, 0.15) is 6.34 Å². The fourth-order valence-corrected chi connectivity index (χ4v) is 2.81. The highest BCUT2D eigenvalue weighted by Gasteiger charge is 2.58. The Morgan fingerprint density at radius 2 is 1.60 bits per heavy atom. The van der Waals surface area contributed by atoms with Gasteiger partial charge in [0, 0.05) is 6.54 Å². The summed E-state index contributed by atoms with van der Waals surface area (Å²) in [5.74, 6) is 0. The number of nitrogens with zero attached hydrogens (tertiary/aromatic N) is 3. The summed E-state index contributed by atoms with van der Waals surface area (Å²) >= 11 is 47.6. The largest absolute Gasteiger partial charge is 0.300 e. The van der Waals surface area contributed by atoms with Gasteiger partial charge in [-0.05, 0) is 6.42 Å². The van der Waals surface area contributed by atoms with Gasteiger partial charge >= 0.3 is 0 Å². The van der Waals surface area contributed by atoms with E-state index in [4.69, 9.17) is 92.8 Å². The third kappa shape index (κ3) is 4.32. The summed E-state index contributed by atoms with van der Waals surface area (Å²) in [7, 11) is 0. The van der Waals surface area contributed by atoms with Crippen molar-refractivity contribution < 1.29 is 0 Å². The first-order chi connectivity index (χ1) is 8.93. The zero-order valence-electron chi connectivity index (χ0n) is 10.1. The average molecular weight is 445 g/mol. The summed E-state index contributed by atoms with van der Waals surface area (Å²) in [5.41, 5.74) is 0. The monoisotopic (exact) mass is 441 g/mol. The molecule has 0 spiro atoms. The molecule has 0 radical (unpaired) electrons. The highest BCUT2D eigenvalue weighted by molar-refractivity contribution is 6.75. The molecule has 0 saturated heterocycles. The Morgan fingerprint density at radius 3 is 2.00 bits per heavy atom. The minimum absolute atomic E-state index is 0.547. The minimum Gasteiger partial charge on any atom is -0.300 e. The van der Waals surface area contributed by atoms with E-state index in [1.54, 1.807) is 5.01 Å². The molecular weight excluding hydrogens is 434 g/mol. The number of halogens is 8. The van der Waals surface area contributed by atoms with Crippen molar-refractivity contribution in [2.24, 2.45) is 5.10 Å². The molecule has 0 bridgehead atoms. The van der Waals surface area contributed by atoms with E-state index in [-0.39, 0.29) is 0 Å². The zero-order valence-corrected chi connectivity index (χ0v) is 16.2. The van der Waals surface area contributed by atoms with Crippen LogP contribution < -0.4 is 0 Å². The molecule has 1 rings (SSSR count). The lowest BCUT2D eigenvalue weighted by Gasteiger charge is -2.43. The van der Waals surface area contributed by atoms with Crippen LogP contribution in [0.15, 0.2) is 5.10 Å². The van der Waals surface area contributed by atoms with Gasteiger partial charge in [-0.2, -0.15) is 5.10 Å². The van der Waals surface area contributed by atoms with E-state index in [1.165, 1.54) is 11.2 Å². The summed E-state index contributed by atoms with van der Waals surface area (Å²) in [4.78, 5) is 1.21. The Hall–Kier alpha value is 1.59. The summed E-state index contributed by atoms with van der Waals surface area (Å²) < 4.78 is -5.73. The number of alkyl halides is 8. The van der Waals surface area contributed by atoms with Crippen molar-refractivity contribution in [1.82, 2.24) is 9.91 Å². The molecule has 1 aliphatic heterocycles. The van der Waals surface area contributed by atoms with Crippen LogP contribution in [0.3, 0.4) is 0 Å². The third-order valence-corrected chi connectivity index (χ3v) is 5.51. The Bertz CT molecular complexity index is 361. The lowest BCUT2D eigenvalue weighted by Crippen LogP contribution is -2.58. The van der Waals surface area contributed by atoms with E-state index < -0.39 is 18.2 Å². The Labute approximate surface area is 157 Å². The van der Waals surface area contributed by atoms with E-state index in [9.17, 15) is 0 Å². The summed E-state index contributed by atoms with van der Waals surface area (Å²) in [6.07, 6.45) is 2.19. The van der Waals surface area contributed by atoms with Crippen LogP contribution in [0, 0.1) is 0 Å². The molecule has 3 nitrogen and oxygen atoms in total. The maximum Gasteiger partial charge on any atom is 0.241 e. The number of hydrogen-bond acceptors (Lipinski definition) is 3. The molecule has 0 aromatic heterocycles. The number of hydrogen-bond donors (Lipinski definition) is 0. The highest BCUT2D eigenvalue weighted by Crippen LogP contribution is 2.52. The molecule has 1 atom stereocenters. The van der Waals surface area contributed by atoms with E-state index >= 15 is 0 Å². The van der Waals surface area contributed by atoms with Crippen molar-refractivity contribution in [3.8, 4) is 0 Å². The van der Waals surface area contributed by atoms with E-state index in [1.807, 2.05) is 6.92 Å². The van der Waals surface area contributed by atoms with Crippen molar-refractivity contribution in [2.45, 2.75) is 38.0 Å². The van der Waals surface area contributed by atoms with Crippen molar-refractivity contribution in [2.75, 3.05) is 6.54 Å². The first-order valence-electron chi connectivity index (χ1n) is 5.53. The lowest BCUT2D eigenvalue weighted by atomic mass is 10.3. The molecule has 0 aromatic rings. The van der Waals surface area contributed by atoms with Crippen molar-refractivity contribution in [3.05, 3.63) is 0 Å². The lowest BCUT2D eigenvalue weighted by molar-refractivity contribution is 0.115. The third-order valence-electron chi connectivity index (χ3n) is 2.57. The quantitative estimate of drug-likeness (QED) is 0.418. The fourth-order valence-electron chi connectivity index (χ4n) is 1.59. The van der Waals surface area contributed by atoms with Crippen molar-refractivity contribution in [1.29, 1.82) is 0 Å². The summed E-state index contributed by atoms with van der Waals surface area (Å²) in [6.45, 7) is 2.57. The molecule has 0 aromatic carbocycles. The second-order valence-corrected chi connectivity index (χ2v) is 10.0. The molecule has 1 unspecified atom stereocenters. The molecule has 0 aliphatic carbocycles. The first-order valence-corrected chi connectivity index (χ1v) is 8.55. The highest BCUT2D eigenvalue weighted by atomic mass is 35.6. The van der Waals surface area contributed by atoms with Crippen LogP contribution in [-0.2, 0) is 0 Å². The van der Waals surface area contributed by atoms with Gasteiger partial charge in [0.05, 0.1) is 0 Å². The van der Waals surface area contributed by atoms with Gasteiger partial charge in [0.25, 0.3) is 0 Å². The molecule has 0 fully saturated rings. The first kappa shape index (κ1) is 19.6. The normalized spacial score (nSPS) is 20.9. The molecule has 1 heterocycles. The van der Waals surface area contributed by atoms with E-state index in [0.29, 0.717) is 6.54 Å². The maximum absolute atomic E-state index is 6.12. The van der Waals surface area contributed by atoms with E-state index in [0.717, 1.165) is 12.8 Å². The van der Waals surface area contributed by atoms with Crippen LogP contribution in [0.25, 0.3) is 0 Å². The zero-order chi connectivity index (χ0) is 15.8. The molecular formula is C9H11Cl8N3. The molecule has 0 N–H and O–H groups in total. The van der Waals surface area contributed by atoms with Crippen LogP contribution in [0.2, 0.25) is 0 Å². The average Bonchev–Trinajstić information content (AvgIpc) is 2.68. The van der Waals surface area contributed by atoms with Crippen LogP contribution in [0.4, 0.5) is 0 Å². The molecule has 0 amide bonds. The van der Waals surface area contributed by atoms with Gasteiger partial charge in [-0.3, -0.25) is 9.91 Å². The molecule has 11 heteroatoms. The van der Waals surface area contributed by atoms with Crippen LogP contribution in [0.5, 0.6) is 0 Å². The summed E-state index contributed by atoms with van der Waals surface area (Å²) in [5, 5.41) is 5.67. The second kappa shape index (κ2) is 7.00. The van der Waals surface area contributed by atoms with Gasteiger partial charge in [-0.15, -0.1) is 0 Å². The van der Waals surface area contributed by atoms with Crippen molar-refractivity contribution in [3.63, 3.8) is 0 Å². The van der Waals surface area contributed by atoms with Crippen LogP contribution in [-0.4, -0.2) is 41.0 Å². The van der Waals surface area contributed by atoms with Gasteiger partial charge in [0.2, 0.25) is 12.0 Å². The topological polar surface area (TPSA) is 18.8 Å². The smallest absolute Gasteiger partial charge is 0.241 e. The van der Waals surface area contributed by atoms with Crippen molar-refractivity contribution >= 4 is 99.1 Å². The molecule has 1 aliphatic rings. The molecule has 118 valence electrons. The number of rotatable bonds is 4. The minimum atomic E-state index is -2.03. The predicted octanol–water partition coefficient (Wildman–Crippen LogP) is 5.55. The van der Waals surface area contributed by atoms with Gasteiger partial charge in [0.15, 0.2) is 6.17 Å². The Balaban J connectivity index is 3.06. The summed E-state index contributed by atoms with van der Waals surface area (Å²) in [6, 6.07) is 0. The molecule has 0 saturated carbocycles. The maximum atomic E-state index is 6.12. The van der Waals surface area contributed by atoms with Crippen LogP contribution in [0.1, 0.15) is 19.8 Å². The predicted molar refractivity (Wildman–Crippen MR) is 90.8 cm³/mol. The second-order valence-electron chi connectivity index (χ2n) is 4.11. The van der Waals surface area contributed by atoms with Crippen LogP contribution >= 0.6 is 92.8 Å². The molecule has 20 heavy (non-hydrogen) atoms. The van der Waals surface area contributed by atoms with Gasteiger partial charge in [-0.25, -0.2) is 0 Å². The van der Waals surface area contributed by atoms with Gasteiger partial charge in [-0.1, -0.05) is 106 Å². The Morgan fingerprint density at radius 1 is 1.05 bits per heavy atom. The number of hydrazone groups is 1.